The maximum Gasteiger partial charge on any atom is 0.295 e. The van der Waals surface area contributed by atoms with E-state index in [1.807, 2.05) is 38.1 Å². The number of carbonyl (C=O) groups excluding carboxylic acids is 2. The average Bonchev–Trinajstić information content (AvgIpc) is 2.96. The van der Waals surface area contributed by atoms with Crippen molar-refractivity contribution in [3.8, 4) is 0 Å². The molecule has 1 unspecified atom stereocenters. The lowest BCUT2D eigenvalue weighted by molar-refractivity contribution is -0.384. The van der Waals surface area contributed by atoms with Gasteiger partial charge in [0.2, 0.25) is 0 Å². The van der Waals surface area contributed by atoms with Crippen LogP contribution in [0.25, 0.3) is 5.76 Å². The first-order valence-electron chi connectivity index (χ1n) is 9.45. The summed E-state index contributed by atoms with van der Waals surface area (Å²) in [4.78, 5) is 37.4. The number of ketones is 1. The van der Waals surface area contributed by atoms with Gasteiger partial charge in [0.15, 0.2) is 0 Å². The number of hydrogen-bond donors (Lipinski definition) is 1. The lowest BCUT2D eigenvalue weighted by atomic mass is 9.94. The van der Waals surface area contributed by atoms with Crippen LogP contribution in [-0.4, -0.2) is 33.2 Å². The highest BCUT2D eigenvalue weighted by molar-refractivity contribution is 6.46. The highest BCUT2D eigenvalue weighted by atomic mass is 16.6. The van der Waals surface area contributed by atoms with Gasteiger partial charge in [-0.25, -0.2) is 0 Å². The zero-order valence-electron chi connectivity index (χ0n) is 16.3. The number of aliphatic hydroxyl groups excluding tert-OH is 1. The first-order chi connectivity index (χ1) is 13.8. The van der Waals surface area contributed by atoms with Crippen molar-refractivity contribution in [2.24, 2.45) is 0 Å². The number of rotatable bonds is 6. The molecule has 0 bridgehead atoms. The van der Waals surface area contributed by atoms with Crippen LogP contribution in [0.4, 0.5) is 5.69 Å². The maximum absolute atomic E-state index is 12.8. The Morgan fingerprint density at radius 1 is 1.17 bits per heavy atom. The van der Waals surface area contributed by atoms with Gasteiger partial charge in [-0.2, -0.15) is 0 Å². The number of carbonyl (C=O) groups is 2. The fraction of sp³-hybridized carbons (Fsp3) is 0.273. The number of benzene rings is 2. The van der Waals surface area contributed by atoms with E-state index in [0.717, 1.165) is 24.0 Å². The van der Waals surface area contributed by atoms with Crippen LogP contribution < -0.4 is 0 Å². The van der Waals surface area contributed by atoms with E-state index in [1.54, 1.807) is 0 Å². The van der Waals surface area contributed by atoms with Crippen molar-refractivity contribution in [1.29, 1.82) is 0 Å². The summed E-state index contributed by atoms with van der Waals surface area (Å²) in [5, 5.41) is 21.8. The topological polar surface area (TPSA) is 101 Å². The summed E-state index contributed by atoms with van der Waals surface area (Å²) in [5.41, 5.74) is 1.84. The van der Waals surface area contributed by atoms with Gasteiger partial charge in [0.05, 0.1) is 16.5 Å². The summed E-state index contributed by atoms with van der Waals surface area (Å²) in [6.45, 7) is 4.31. The molecule has 0 aromatic heterocycles. The monoisotopic (exact) mass is 394 g/mol. The number of nitrogens with zero attached hydrogens (tertiary/aromatic N) is 2. The quantitative estimate of drug-likeness (QED) is 0.261. The third kappa shape index (κ3) is 3.89. The van der Waals surface area contributed by atoms with Gasteiger partial charge in [-0.15, -0.1) is 0 Å². The molecule has 3 rings (SSSR count). The Bertz CT molecular complexity index is 995. The molecule has 0 spiro atoms. The van der Waals surface area contributed by atoms with Gasteiger partial charge in [-0.05, 0) is 31.0 Å². The molecule has 7 heteroatoms. The van der Waals surface area contributed by atoms with E-state index >= 15 is 0 Å². The maximum atomic E-state index is 12.8. The Morgan fingerprint density at radius 3 is 2.45 bits per heavy atom. The molecule has 1 amide bonds. The Morgan fingerprint density at radius 2 is 1.86 bits per heavy atom. The molecule has 7 nitrogen and oxygen atoms in total. The Balaban J connectivity index is 2.14. The highest BCUT2D eigenvalue weighted by Crippen LogP contribution is 2.39. The predicted octanol–water partition coefficient (Wildman–Crippen LogP) is 4.13. The molecule has 0 aliphatic carbocycles. The number of amides is 1. The van der Waals surface area contributed by atoms with Gasteiger partial charge < -0.3 is 10.0 Å². The lowest BCUT2D eigenvalue weighted by Crippen LogP contribution is -2.30. The van der Waals surface area contributed by atoms with Gasteiger partial charge in [0.1, 0.15) is 5.76 Å². The summed E-state index contributed by atoms with van der Waals surface area (Å²) >= 11 is 0. The number of non-ortho nitro benzene ring substituents is 1. The van der Waals surface area contributed by atoms with E-state index in [-0.39, 0.29) is 22.6 Å². The van der Waals surface area contributed by atoms with E-state index in [4.69, 9.17) is 0 Å². The Hall–Kier alpha value is -3.48. The van der Waals surface area contributed by atoms with Crippen molar-refractivity contribution in [2.45, 2.75) is 32.7 Å². The molecule has 1 aliphatic heterocycles. The number of likely N-dealkylation sites (tertiary alicyclic amines) is 1. The normalized spacial score (nSPS) is 18.3. The SMILES string of the molecule is CCCCN1C(=O)C(=O)/C(=C(\O)c2ccc([N+](=O)[O-])cc2)C1c1cccc(C)c1. The molecular formula is C22H22N2O5. The van der Waals surface area contributed by atoms with Crippen molar-refractivity contribution >= 4 is 23.1 Å². The molecule has 29 heavy (non-hydrogen) atoms. The largest absolute Gasteiger partial charge is 0.507 e. The van der Waals surface area contributed by atoms with Gasteiger partial charge in [-0.3, -0.25) is 19.7 Å². The average molecular weight is 394 g/mol. The lowest BCUT2D eigenvalue weighted by Gasteiger charge is -2.25. The van der Waals surface area contributed by atoms with Crippen molar-refractivity contribution in [3.05, 3.63) is 80.9 Å². The van der Waals surface area contributed by atoms with E-state index in [1.165, 1.54) is 29.2 Å². The van der Waals surface area contributed by atoms with Crippen molar-refractivity contribution in [2.75, 3.05) is 6.54 Å². The summed E-state index contributed by atoms with van der Waals surface area (Å²) < 4.78 is 0. The first kappa shape index (κ1) is 20.3. The van der Waals surface area contributed by atoms with Crippen LogP contribution in [0.15, 0.2) is 54.1 Å². The van der Waals surface area contributed by atoms with Crippen LogP contribution in [0.5, 0.6) is 0 Å². The fourth-order valence-electron chi connectivity index (χ4n) is 3.52. The van der Waals surface area contributed by atoms with Crippen LogP contribution in [0.3, 0.4) is 0 Å². The summed E-state index contributed by atoms with van der Waals surface area (Å²) in [7, 11) is 0. The minimum atomic E-state index is -0.747. The molecule has 1 heterocycles. The molecule has 150 valence electrons. The molecule has 0 saturated carbocycles. The second-order valence-corrected chi connectivity index (χ2v) is 7.06. The van der Waals surface area contributed by atoms with Crippen LogP contribution >= 0.6 is 0 Å². The molecule has 1 N–H and O–H groups in total. The fourth-order valence-corrected chi connectivity index (χ4v) is 3.52. The molecule has 1 atom stereocenters. The van der Waals surface area contributed by atoms with E-state index in [9.17, 15) is 24.8 Å². The van der Waals surface area contributed by atoms with E-state index < -0.39 is 22.7 Å². The van der Waals surface area contributed by atoms with Crippen LogP contribution in [0.1, 0.15) is 42.5 Å². The summed E-state index contributed by atoms with van der Waals surface area (Å²) in [6, 6.07) is 12.0. The number of aryl methyl sites for hydroxylation is 1. The minimum Gasteiger partial charge on any atom is -0.507 e. The number of hydrogen-bond acceptors (Lipinski definition) is 5. The zero-order valence-corrected chi connectivity index (χ0v) is 16.3. The molecule has 0 radical (unpaired) electrons. The molecule has 2 aromatic rings. The Labute approximate surface area is 168 Å². The third-order valence-corrected chi connectivity index (χ3v) is 5.00. The number of Topliss-reactive ketones (excluding diaryl/α,β-unsaturated/α-hetero) is 1. The van der Waals surface area contributed by atoms with E-state index in [0.29, 0.717) is 6.54 Å². The van der Waals surface area contributed by atoms with Gasteiger partial charge >= 0.3 is 0 Å². The number of unbranched alkanes of at least 4 members (excludes halogenated alkanes) is 1. The smallest absolute Gasteiger partial charge is 0.295 e. The Kier molecular flexibility index (Phi) is 5.77. The predicted molar refractivity (Wildman–Crippen MR) is 108 cm³/mol. The van der Waals surface area contributed by atoms with Crippen molar-refractivity contribution in [3.63, 3.8) is 0 Å². The molecule has 1 saturated heterocycles. The second-order valence-electron chi connectivity index (χ2n) is 7.06. The van der Waals surface area contributed by atoms with Crippen LogP contribution in [0, 0.1) is 17.0 Å². The third-order valence-electron chi connectivity index (χ3n) is 5.00. The number of nitro groups is 1. The van der Waals surface area contributed by atoms with Crippen molar-refractivity contribution in [1.82, 2.24) is 4.90 Å². The van der Waals surface area contributed by atoms with Gasteiger partial charge in [0, 0.05) is 24.2 Å². The highest BCUT2D eigenvalue weighted by Gasteiger charge is 2.45. The minimum absolute atomic E-state index is 0.00514. The molecular weight excluding hydrogens is 372 g/mol. The van der Waals surface area contributed by atoms with Crippen LogP contribution in [0.2, 0.25) is 0 Å². The molecule has 1 fully saturated rings. The zero-order chi connectivity index (χ0) is 21.1. The van der Waals surface area contributed by atoms with Gasteiger partial charge in [-0.1, -0.05) is 43.2 Å². The van der Waals surface area contributed by atoms with Crippen molar-refractivity contribution < 1.29 is 19.6 Å². The molecule has 1 aliphatic rings. The standard InChI is InChI=1S/C22H22N2O5/c1-3-4-12-23-19(16-7-5-6-14(2)13-16)18(21(26)22(23)27)20(25)15-8-10-17(11-9-15)24(28)29/h5-11,13,19,25H,3-4,12H2,1-2H3/b20-18-. The number of nitro benzene ring substituents is 1. The van der Waals surface area contributed by atoms with Gasteiger partial charge in [0.25, 0.3) is 17.4 Å². The first-order valence-corrected chi connectivity index (χ1v) is 9.45. The van der Waals surface area contributed by atoms with E-state index in [2.05, 4.69) is 0 Å². The second kappa shape index (κ2) is 8.26. The number of aliphatic hydroxyl groups is 1. The molecule has 2 aromatic carbocycles. The summed E-state index contributed by atoms with van der Waals surface area (Å²) in [5.74, 6) is -1.72. The van der Waals surface area contributed by atoms with Crippen LogP contribution in [-0.2, 0) is 9.59 Å². The summed E-state index contributed by atoms with van der Waals surface area (Å²) in [6.07, 6.45) is 1.58.